The summed E-state index contributed by atoms with van der Waals surface area (Å²) in [5.41, 5.74) is 1.17. The van der Waals surface area contributed by atoms with Crippen LogP contribution in [0.5, 0.6) is 0 Å². The molecular formula is C26H29ClN4O2Si. The van der Waals surface area contributed by atoms with E-state index in [4.69, 9.17) is 16.0 Å². The van der Waals surface area contributed by atoms with Gasteiger partial charge in [0.1, 0.15) is 5.52 Å². The zero-order chi connectivity index (χ0) is 24.1. The average molecular weight is 493 g/mol. The molecule has 6 nitrogen and oxygen atoms in total. The number of rotatable bonds is 5. The molecule has 0 bridgehead atoms. The van der Waals surface area contributed by atoms with Crippen LogP contribution < -0.4 is 16.1 Å². The van der Waals surface area contributed by atoms with Crippen LogP contribution in [0.2, 0.25) is 10.3 Å². The molecule has 0 atom stereocenters. The van der Waals surface area contributed by atoms with Crippen molar-refractivity contribution >= 4 is 41.5 Å². The zero-order valence-electron chi connectivity index (χ0n) is 19.9. The van der Waals surface area contributed by atoms with Crippen LogP contribution in [0.1, 0.15) is 39.7 Å². The highest BCUT2D eigenvalue weighted by Crippen LogP contribution is 2.43. The van der Waals surface area contributed by atoms with E-state index in [9.17, 15) is 4.79 Å². The monoisotopic (exact) mass is 492 g/mol. The second-order valence-electron chi connectivity index (χ2n) is 10.1. The topological polar surface area (TPSA) is 61.9 Å². The van der Waals surface area contributed by atoms with E-state index in [-0.39, 0.29) is 28.2 Å². The molecule has 1 aliphatic rings. The first-order valence-corrected chi connectivity index (χ1v) is 13.9. The molecule has 8 heteroatoms. The molecule has 0 aliphatic heterocycles. The fraction of sp³-hybridized carbons (Fsp3) is 0.346. The second-order valence-corrected chi connectivity index (χ2v) is 14.7. The molecule has 5 rings (SSSR count). The van der Waals surface area contributed by atoms with Gasteiger partial charge in [-0.25, -0.2) is 9.78 Å². The van der Waals surface area contributed by atoms with E-state index in [0.29, 0.717) is 11.2 Å². The fourth-order valence-electron chi connectivity index (χ4n) is 5.23. The third-order valence-corrected chi connectivity index (χ3v) is 12.3. The molecule has 34 heavy (non-hydrogen) atoms. The van der Waals surface area contributed by atoms with E-state index >= 15 is 0 Å². The SMILES string of the molecule is Cn1c(=O)n([C@H]2C[C@H](O[Si](c3ccccc3)(c3ccccc3)C(C)(C)C)C2)c2nc(Cl)ncc21. The quantitative estimate of drug-likeness (QED) is 0.311. The molecule has 2 heterocycles. The minimum absolute atomic E-state index is 0.0189. The number of aromatic nitrogens is 4. The lowest BCUT2D eigenvalue weighted by atomic mass is 9.89. The fourth-order valence-corrected chi connectivity index (χ4v) is 10.1. The Hall–Kier alpha value is -2.74. The van der Waals surface area contributed by atoms with Crippen molar-refractivity contribution in [3.8, 4) is 0 Å². The van der Waals surface area contributed by atoms with Crippen molar-refractivity contribution in [1.29, 1.82) is 0 Å². The molecule has 0 spiro atoms. The van der Waals surface area contributed by atoms with Crippen molar-refractivity contribution in [3.05, 3.63) is 82.6 Å². The Balaban J connectivity index is 1.51. The van der Waals surface area contributed by atoms with Gasteiger partial charge in [-0.1, -0.05) is 81.4 Å². The van der Waals surface area contributed by atoms with Gasteiger partial charge in [0.2, 0.25) is 5.28 Å². The van der Waals surface area contributed by atoms with E-state index in [1.807, 2.05) is 0 Å². The summed E-state index contributed by atoms with van der Waals surface area (Å²) in [4.78, 5) is 21.4. The van der Waals surface area contributed by atoms with E-state index in [1.54, 1.807) is 22.4 Å². The van der Waals surface area contributed by atoms with Gasteiger partial charge in [0, 0.05) is 19.2 Å². The molecule has 1 aliphatic carbocycles. The van der Waals surface area contributed by atoms with Crippen LogP contribution in [0.25, 0.3) is 11.2 Å². The highest BCUT2D eigenvalue weighted by Gasteiger charge is 2.53. The van der Waals surface area contributed by atoms with E-state index in [2.05, 4.69) is 91.4 Å². The largest absolute Gasteiger partial charge is 0.404 e. The Morgan fingerprint density at radius 1 is 1.00 bits per heavy atom. The van der Waals surface area contributed by atoms with E-state index in [0.717, 1.165) is 12.8 Å². The Morgan fingerprint density at radius 2 is 1.56 bits per heavy atom. The molecule has 176 valence electrons. The van der Waals surface area contributed by atoms with Crippen LogP contribution in [-0.2, 0) is 11.5 Å². The van der Waals surface area contributed by atoms with Crippen molar-refractivity contribution in [2.45, 2.75) is 50.8 Å². The van der Waals surface area contributed by atoms with E-state index < -0.39 is 8.32 Å². The van der Waals surface area contributed by atoms with Crippen molar-refractivity contribution in [2.24, 2.45) is 7.05 Å². The lowest BCUT2D eigenvalue weighted by Gasteiger charge is -2.48. The maximum atomic E-state index is 13.0. The van der Waals surface area contributed by atoms with Gasteiger partial charge in [-0.2, -0.15) is 4.98 Å². The summed E-state index contributed by atoms with van der Waals surface area (Å²) in [6.45, 7) is 6.84. The molecule has 0 saturated heterocycles. The smallest absolute Gasteiger partial charge is 0.330 e. The first-order chi connectivity index (χ1) is 16.2. The predicted molar refractivity (Wildman–Crippen MR) is 139 cm³/mol. The van der Waals surface area contributed by atoms with Crippen LogP contribution in [0, 0.1) is 0 Å². The number of imidazole rings is 1. The summed E-state index contributed by atoms with van der Waals surface area (Å²) in [6.07, 6.45) is 3.17. The molecule has 2 aromatic carbocycles. The number of aryl methyl sites for hydroxylation is 1. The van der Waals surface area contributed by atoms with Crippen molar-refractivity contribution in [1.82, 2.24) is 19.1 Å². The standard InChI is InChI=1S/C26H29ClN4O2Si/c1-26(2,3)34(20-11-7-5-8-12-20,21-13-9-6-10-14-21)33-19-15-18(16-19)31-23-22(30(4)25(31)32)17-28-24(27)29-23/h5-14,17-19H,15-16H2,1-4H3/t18-,19-. The highest BCUT2D eigenvalue weighted by molar-refractivity contribution is 6.99. The number of fused-ring (bicyclic) bond motifs is 1. The molecule has 4 aromatic rings. The maximum absolute atomic E-state index is 13.0. The van der Waals surface area contributed by atoms with Gasteiger partial charge in [-0.3, -0.25) is 9.13 Å². The van der Waals surface area contributed by atoms with Gasteiger partial charge in [0.05, 0.1) is 6.20 Å². The summed E-state index contributed by atoms with van der Waals surface area (Å²) in [6, 6.07) is 21.3. The van der Waals surface area contributed by atoms with Gasteiger partial charge in [0.25, 0.3) is 8.32 Å². The Kier molecular flexibility index (Phi) is 5.74. The summed E-state index contributed by atoms with van der Waals surface area (Å²) < 4.78 is 10.5. The number of benzene rings is 2. The van der Waals surface area contributed by atoms with Gasteiger partial charge >= 0.3 is 5.69 Å². The third kappa shape index (κ3) is 3.63. The summed E-state index contributed by atoms with van der Waals surface area (Å²) in [5, 5.41) is 2.59. The highest BCUT2D eigenvalue weighted by atomic mass is 35.5. The zero-order valence-corrected chi connectivity index (χ0v) is 21.7. The lowest BCUT2D eigenvalue weighted by molar-refractivity contribution is 0.0615. The Bertz CT molecular complexity index is 1330. The van der Waals surface area contributed by atoms with E-state index in [1.165, 1.54) is 10.4 Å². The molecule has 0 radical (unpaired) electrons. The van der Waals surface area contributed by atoms with Crippen molar-refractivity contribution < 1.29 is 4.43 Å². The molecule has 1 fully saturated rings. The third-order valence-electron chi connectivity index (χ3n) is 7.00. The van der Waals surface area contributed by atoms with Gasteiger partial charge in [-0.05, 0) is 39.9 Å². The average Bonchev–Trinajstić information content (AvgIpc) is 3.03. The van der Waals surface area contributed by atoms with Gasteiger partial charge in [-0.15, -0.1) is 0 Å². The van der Waals surface area contributed by atoms with Crippen LogP contribution in [0.3, 0.4) is 0 Å². The van der Waals surface area contributed by atoms with Crippen molar-refractivity contribution in [3.63, 3.8) is 0 Å². The van der Waals surface area contributed by atoms with Crippen LogP contribution >= 0.6 is 11.6 Å². The van der Waals surface area contributed by atoms with Crippen LogP contribution in [0.4, 0.5) is 0 Å². The van der Waals surface area contributed by atoms with Crippen LogP contribution in [0.15, 0.2) is 71.7 Å². The lowest BCUT2D eigenvalue weighted by Crippen LogP contribution is -2.68. The molecule has 1 saturated carbocycles. The van der Waals surface area contributed by atoms with Crippen molar-refractivity contribution in [2.75, 3.05) is 0 Å². The number of hydrogen-bond donors (Lipinski definition) is 0. The normalized spacial score (nSPS) is 18.7. The molecular weight excluding hydrogens is 464 g/mol. The molecule has 2 aromatic heterocycles. The summed E-state index contributed by atoms with van der Waals surface area (Å²) >= 11 is 6.05. The number of nitrogens with zero attached hydrogens (tertiary/aromatic N) is 4. The first kappa shape index (κ1) is 23.0. The first-order valence-electron chi connectivity index (χ1n) is 11.6. The predicted octanol–water partition coefficient (Wildman–Crippen LogP) is 4.06. The van der Waals surface area contributed by atoms with Gasteiger partial charge in [0.15, 0.2) is 5.65 Å². The molecule has 0 unspecified atom stereocenters. The molecule has 0 amide bonds. The Labute approximate surface area is 205 Å². The maximum Gasteiger partial charge on any atom is 0.330 e. The Morgan fingerprint density at radius 3 is 2.09 bits per heavy atom. The summed E-state index contributed by atoms with van der Waals surface area (Å²) in [7, 11) is -0.880. The second kappa shape index (κ2) is 8.48. The molecule has 0 N–H and O–H groups in total. The minimum atomic E-state index is -2.62. The van der Waals surface area contributed by atoms with Crippen LogP contribution in [-0.4, -0.2) is 33.5 Å². The summed E-state index contributed by atoms with van der Waals surface area (Å²) in [5.74, 6) is 0. The number of hydrogen-bond acceptors (Lipinski definition) is 4. The minimum Gasteiger partial charge on any atom is -0.404 e. The number of halogens is 1. The van der Waals surface area contributed by atoms with Gasteiger partial charge < -0.3 is 4.43 Å².